The van der Waals surface area contributed by atoms with Crippen molar-refractivity contribution in [3.8, 4) is 44.9 Å². The van der Waals surface area contributed by atoms with Crippen molar-refractivity contribution in [3.05, 3.63) is 146 Å². The normalized spacial score (nSPS) is 11.5. The van der Waals surface area contributed by atoms with Crippen molar-refractivity contribution in [3.63, 3.8) is 0 Å². The smallest absolute Gasteiger partial charge is 0.147 e. The molecule has 0 aliphatic heterocycles. The van der Waals surface area contributed by atoms with Crippen LogP contribution in [0.4, 0.5) is 0 Å². The van der Waals surface area contributed by atoms with E-state index >= 15 is 0 Å². The Labute approximate surface area is 231 Å². The Hall–Kier alpha value is -5.34. The Kier molecular flexibility index (Phi) is 5.17. The molecule has 2 heterocycles. The van der Waals surface area contributed by atoms with Crippen LogP contribution in [0.15, 0.2) is 154 Å². The highest BCUT2D eigenvalue weighted by molar-refractivity contribution is 6.15. The summed E-state index contributed by atoms with van der Waals surface area (Å²) in [5, 5.41) is 4.33. The minimum atomic E-state index is 0.821. The second-order valence-electron chi connectivity index (χ2n) is 10.1. The van der Waals surface area contributed by atoms with Crippen LogP contribution in [0.2, 0.25) is 0 Å². The Morgan fingerprint density at radius 2 is 0.875 bits per heavy atom. The van der Waals surface area contributed by atoms with E-state index in [4.69, 9.17) is 8.83 Å². The summed E-state index contributed by atoms with van der Waals surface area (Å²) in [6.45, 7) is 0. The Morgan fingerprint density at radius 1 is 0.325 bits per heavy atom. The summed E-state index contributed by atoms with van der Waals surface area (Å²) in [4.78, 5) is 0. The maximum absolute atomic E-state index is 6.89. The zero-order chi connectivity index (χ0) is 26.5. The molecule has 0 aliphatic carbocycles. The highest BCUT2D eigenvalue weighted by Gasteiger charge is 2.24. The Bertz CT molecular complexity index is 2130. The van der Waals surface area contributed by atoms with Crippen molar-refractivity contribution < 1.29 is 8.83 Å². The molecule has 2 nitrogen and oxygen atoms in total. The van der Waals surface area contributed by atoms with Gasteiger partial charge in [0.25, 0.3) is 0 Å². The van der Waals surface area contributed by atoms with E-state index in [9.17, 15) is 0 Å². The van der Waals surface area contributed by atoms with Crippen LogP contribution in [-0.4, -0.2) is 0 Å². The van der Waals surface area contributed by atoms with Gasteiger partial charge in [0.15, 0.2) is 0 Å². The number of hydrogen-bond acceptors (Lipinski definition) is 2. The molecule has 0 bridgehead atoms. The summed E-state index contributed by atoms with van der Waals surface area (Å²) < 4.78 is 13.5. The van der Waals surface area contributed by atoms with Gasteiger partial charge in [0.1, 0.15) is 22.7 Å². The summed E-state index contributed by atoms with van der Waals surface area (Å²) in [6.07, 6.45) is 0. The summed E-state index contributed by atoms with van der Waals surface area (Å²) in [5.41, 5.74) is 8.31. The van der Waals surface area contributed by atoms with Gasteiger partial charge in [-0.25, -0.2) is 0 Å². The molecule has 0 saturated carbocycles. The molecule has 0 fully saturated rings. The molecule has 8 rings (SSSR count). The first kappa shape index (κ1) is 22.6. The van der Waals surface area contributed by atoms with Gasteiger partial charge in [-0.15, -0.1) is 0 Å². The van der Waals surface area contributed by atoms with Crippen molar-refractivity contribution in [2.75, 3.05) is 0 Å². The van der Waals surface area contributed by atoms with Crippen molar-refractivity contribution in [2.45, 2.75) is 0 Å². The molecule has 2 heteroatoms. The number of para-hydroxylation sites is 1. The quantitative estimate of drug-likeness (QED) is 0.234. The molecular weight excluding hydrogens is 488 g/mol. The standard InChI is InChI=1S/C38H24O2/c1-3-11-25(12-4-1)26-19-21-28(22-20-26)36-31-16-7-8-17-32(31)38(40-36)35-29(27-13-5-2-6-14-27)23-24-33-30-15-9-10-18-34(30)39-37(33)35/h1-24H. The average Bonchev–Trinajstić information content (AvgIpc) is 3.60. The molecule has 0 radical (unpaired) electrons. The van der Waals surface area contributed by atoms with E-state index in [-0.39, 0.29) is 0 Å². The number of fused-ring (bicyclic) bond motifs is 4. The highest BCUT2D eigenvalue weighted by Crippen LogP contribution is 2.47. The van der Waals surface area contributed by atoms with Gasteiger partial charge in [0, 0.05) is 27.1 Å². The molecule has 0 unspecified atom stereocenters. The monoisotopic (exact) mass is 512 g/mol. The van der Waals surface area contributed by atoms with Crippen LogP contribution in [0.25, 0.3) is 77.6 Å². The minimum Gasteiger partial charge on any atom is -0.455 e. The summed E-state index contributed by atoms with van der Waals surface area (Å²) in [5.74, 6) is 1.68. The molecule has 40 heavy (non-hydrogen) atoms. The van der Waals surface area contributed by atoms with Crippen LogP contribution in [0.1, 0.15) is 0 Å². The lowest BCUT2D eigenvalue weighted by molar-refractivity contribution is 0.599. The van der Waals surface area contributed by atoms with Gasteiger partial charge in [-0.1, -0.05) is 133 Å². The van der Waals surface area contributed by atoms with Gasteiger partial charge in [0.2, 0.25) is 0 Å². The molecule has 0 N–H and O–H groups in total. The van der Waals surface area contributed by atoms with E-state index in [1.807, 2.05) is 24.3 Å². The third-order valence-electron chi connectivity index (χ3n) is 7.73. The highest BCUT2D eigenvalue weighted by atomic mass is 16.4. The fraction of sp³-hybridized carbons (Fsp3) is 0. The predicted octanol–water partition coefficient (Wildman–Crippen LogP) is 11.0. The largest absolute Gasteiger partial charge is 0.455 e. The van der Waals surface area contributed by atoms with Crippen LogP contribution in [0.5, 0.6) is 0 Å². The lowest BCUT2D eigenvalue weighted by Crippen LogP contribution is -1.86. The van der Waals surface area contributed by atoms with Gasteiger partial charge in [-0.2, -0.15) is 0 Å². The fourth-order valence-electron chi connectivity index (χ4n) is 5.81. The van der Waals surface area contributed by atoms with Crippen molar-refractivity contribution in [2.24, 2.45) is 0 Å². The number of benzene rings is 6. The van der Waals surface area contributed by atoms with E-state index in [1.54, 1.807) is 0 Å². The van der Waals surface area contributed by atoms with Crippen LogP contribution >= 0.6 is 0 Å². The first-order valence-electron chi connectivity index (χ1n) is 13.5. The fourth-order valence-corrected chi connectivity index (χ4v) is 5.81. The van der Waals surface area contributed by atoms with Crippen molar-refractivity contribution in [1.82, 2.24) is 0 Å². The van der Waals surface area contributed by atoms with Crippen molar-refractivity contribution >= 4 is 32.7 Å². The zero-order valence-corrected chi connectivity index (χ0v) is 21.7. The maximum atomic E-state index is 6.89. The maximum Gasteiger partial charge on any atom is 0.147 e. The van der Waals surface area contributed by atoms with Gasteiger partial charge < -0.3 is 8.83 Å². The molecule has 188 valence electrons. The Morgan fingerprint density at radius 3 is 1.60 bits per heavy atom. The first-order chi connectivity index (χ1) is 19.8. The minimum absolute atomic E-state index is 0.821. The zero-order valence-electron chi connectivity index (χ0n) is 21.7. The molecule has 0 amide bonds. The van der Waals surface area contributed by atoms with Crippen LogP contribution < -0.4 is 0 Å². The van der Waals surface area contributed by atoms with Gasteiger partial charge >= 0.3 is 0 Å². The Balaban J connectivity index is 1.40. The van der Waals surface area contributed by atoms with Crippen LogP contribution in [-0.2, 0) is 0 Å². The van der Waals surface area contributed by atoms with Gasteiger partial charge in [0.05, 0.1) is 5.56 Å². The van der Waals surface area contributed by atoms with E-state index in [1.165, 1.54) is 11.1 Å². The lowest BCUT2D eigenvalue weighted by atomic mass is 9.94. The first-order valence-corrected chi connectivity index (χ1v) is 13.5. The topological polar surface area (TPSA) is 26.3 Å². The third kappa shape index (κ3) is 3.58. The predicted molar refractivity (Wildman–Crippen MR) is 165 cm³/mol. The molecule has 6 aromatic carbocycles. The van der Waals surface area contributed by atoms with Crippen molar-refractivity contribution in [1.29, 1.82) is 0 Å². The molecule has 0 aliphatic rings. The van der Waals surface area contributed by atoms with Crippen LogP contribution in [0, 0.1) is 0 Å². The second kappa shape index (κ2) is 9.14. The van der Waals surface area contributed by atoms with E-state index in [0.717, 1.165) is 66.5 Å². The molecule has 0 spiro atoms. The molecule has 2 aromatic heterocycles. The summed E-state index contributed by atoms with van der Waals surface area (Å²) in [7, 11) is 0. The van der Waals surface area contributed by atoms with Crippen LogP contribution in [0.3, 0.4) is 0 Å². The third-order valence-corrected chi connectivity index (χ3v) is 7.73. The number of furan rings is 2. The van der Waals surface area contributed by atoms with E-state index < -0.39 is 0 Å². The lowest BCUT2D eigenvalue weighted by Gasteiger charge is -2.10. The average molecular weight is 513 g/mol. The molecule has 0 atom stereocenters. The number of hydrogen-bond donors (Lipinski definition) is 0. The molecular formula is C38H24O2. The van der Waals surface area contributed by atoms with Gasteiger partial charge in [-0.05, 0) is 34.4 Å². The van der Waals surface area contributed by atoms with E-state index in [2.05, 4.69) is 121 Å². The molecule has 0 saturated heterocycles. The van der Waals surface area contributed by atoms with E-state index in [0.29, 0.717) is 0 Å². The molecule has 8 aromatic rings. The second-order valence-corrected chi connectivity index (χ2v) is 10.1. The SMILES string of the molecule is c1ccc(-c2ccc(-c3oc(-c4c(-c5ccccc5)ccc5c4oc4ccccc45)c4ccccc34)cc2)cc1. The summed E-state index contributed by atoms with van der Waals surface area (Å²) >= 11 is 0. The number of rotatable bonds is 4. The van der Waals surface area contributed by atoms with Gasteiger partial charge in [-0.3, -0.25) is 0 Å². The summed E-state index contributed by atoms with van der Waals surface area (Å²) in [6, 6.07) is 50.6.